The molecule has 1 N–H and O–H groups in total. The van der Waals surface area contributed by atoms with Gasteiger partial charge in [0.15, 0.2) is 0 Å². The summed E-state index contributed by atoms with van der Waals surface area (Å²) in [5.74, 6) is 1.42. The van der Waals surface area contributed by atoms with E-state index in [0.717, 1.165) is 19.3 Å². The lowest BCUT2D eigenvalue weighted by Gasteiger charge is -2.31. The largest absolute Gasteiger partial charge is 0.323 e. The number of carbonyl (C=O) groups excluding carboxylic acids is 1. The molecule has 3 heteroatoms. The van der Waals surface area contributed by atoms with Crippen LogP contribution in [0.5, 0.6) is 0 Å². The zero-order valence-electron chi connectivity index (χ0n) is 13.6. The maximum atomic E-state index is 12.6. The zero-order valence-corrected chi connectivity index (χ0v) is 13.6. The first-order valence-electron chi connectivity index (χ1n) is 8.04. The van der Waals surface area contributed by atoms with Crippen molar-refractivity contribution in [1.82, 2.24) is 10.2 Å². The van der Waals surface area contributed by atoms with Gasteiger partial charge in [-0.2, -0.15) is 0 Å². The van der Waals surface area contributed by atoms with Crippen molar-refractivity contribution in [2.45, 2.75) is 85.5 Å². The predicted octanol–water partition coefficient (Wildman–Crippen LogP) is 3.39. The molecule has 5 atom stereocenters. The van der Waals surface area contributed by atoms with Crippen LogP contribution in [-0.2, 0) is 4.79 Å². The van der Waals surface area contributed by atoms with Crippen LogP contribution in [0.4, 0.5) is 0 Å². The van der Waals surface area contributed by atoms with Gasteiger partial charge in [-0.3, -0.25) is 10.1 Å². The van der Waals surface area contributed by atoms with Crippen molar-refractivity contribution in [2.24, 2.45) is 11.8 Å². The molecule has 1 aliphatic rings. The molecule has 1 fully saturated rings. The third kappa shape index (κ3) is 3.71. The smallest absolute Gasteiger partial charge is 0.241 e. The van der Waals surface area contributed by atoms with Gasteiger partial charge in [0.1, 0.15) is 0 Å². The zero-order chi connectivity index (χ0) is 14.6. The lowest BCUT2D eigenvalue weighted by atomic mass is 9.97. The van der Waals surface area contributed by atoms with Crippen LogP contribution in [0, 0.1) is 11.8 Å². The van der Waals surface area contributed by atoms with Crippen molar-refractivity contribution in [2.75, 3.05) is 0 Å². The van der Waals surface area contributed by atoms with E-state index in [1.54, 1.807) is 0 Å². The van der Waals surface area contributed by atoms with Gasteiger partial charge < -0.3 is 4.90 Å². The Hall–Kier alpha value is -0.570. The summed E-state index contributed by atoms with van der Waals surface area (Å²) in [4.78, 5) is 14.8. The average Bonchev–Trinajstić information content (AvgIpc) is 2.74. The van der Waals surface area contributed by atoms with Crippen molar-refractivity contribution in [3.05, 3.63) is 0 Å². The Morgan fingerprint density at radius 2 is 1.79 bits per heavy atom. The molecule has 0 spiro atoms. The molecule has 0 aromatic carbocycles. The van der Waals surface area contributed by atoms with E-state index in [9.17, 15) is 4.79 Å². The van der Waals surface area contributed by atoms with Gasteiger partial charge in [0.25, 0.3) is 0 Å². The fraction of sp³-hybridized carbons (Fsp3) is 0.938. The molecule has 0 radical (unpaired) electrons. The number of carbonyl (C=O) groups is 1. The third-order valence-electron chi connectivity index (χ3n) is 4.74. The highest BCUT2D eigenvalue weighted by atomic mass is 16.2. The van der Waals surface area contributed by atoms with E-state index < -0.39 is 0 Å². The minimum Gasteiger partial charge on any atom is -0.323 e. The van der Waals surface area contributed by atoms with E-state index in [4.69, 9.17) is 0 Å². The second kappa shape index (κ2) is 7.28. The normalized spacial score (nSPS) is 28.5. The first-order valence-corrected chi connectivity index (χ1v) is 8.04. The van der Waals surface area contributed by atoms with E-state index in [-0.39, 0.29) is 12.2 Å². The fourth-order valence-corrected chi connectivity index (χ4v) is 3.02. The number of rotatable bonds is 7. The number of nitrogens with one attached hydrogen (secondary N) is 1. The topological polar surface area (TPSA) is 32.3 Å². The Balaban J connectivity index is 2.77. The molecule has 1 aliphatic heterocycles. The molecule has 0 aliphatic carbocycles. The van der Waals surface area contributed by atoms with E-state index in [0.29, 0.717) is 23.8 Å². The SMILES string of the molecule is CCC(C)CC(C)N1C(=O)C(C(C)CC)NC1CC. The monoisotopic (exact) mass is 268 g/mol. The van der Waals surface area contributed by atoms with Crippen molar-refractivity contribution in [3.63, 3.8) is 0 Å². The summed E-state index contributed by atoms with van der Waals surface area (Å²) >= 11 is 0. The van der Waals surface area contributed by atoms with E-state index in [2.05, 4.69) is 51.8 Å². The van der Waals surface area contributed by atoms with Gasteiger partial charge in [-0.15, -0.1) is 0 Å². The van der Waals surface area contributed by atoms with Crippen LogP contribution in [0.2, 0.25) is 0 Å². The molecule has 0 saturated carbocycles. The third-order valence-corrected chi connectivity index (χ3v) is 4.74. The van der Waals surface area contributed by atoms with E-state index in [1.807, 2.05) is 0 Å². The molecule has 0 aromatic rings. The van der Waals surface area contributed by atoms with E-state index in [1.165, 1.54) is 6.42 Å². The summed E-state index contributed by atoms with van der Waals surface area (Å²) in [5, 5.41) is 3.54. The molecule has 1 heterocycles. The first kappa shape index (κ1) is 16.5. The molecule has 19 heavy (non-hydrogen) atoms. The number of hydrogen-bond donors (Lipinski definition) is 1. The summed E-state index contributed by atoms with van der Waals surface area (Å²) in [7, 11) is 0. The molecule has 0 aromatic heterocycles. The van der Waals surface area contributed by atoms with Crippen LogP contribution in [-0.4, -0.2) is 29.1 Å². The average molecular weight is 268 g/mol. The maximum Gasteiger partial charge on any atom is 0.241 e. The molecular weight excluding hydrogens is 236 g/mol. The van der Waals surface area contributed by atoms with Gasteiger partial charge in [0.2, 0.25) is 5.91 Å². The molecular formula is C16H32N2O. The summed E-state index contributed by atoms with van der Waals surface area (Å²) in [6.45, 7) is 13.2. The van der Waals surface area contributed by atoms with Crippen molar-refractivity contribution in [1.29, 1.82) is 0 Å². The number of nitrogens with zero attached hydrogens (tertiary/aromatic N) is 1. The molecule has 112 valence electrons. The molecule has 3 nitrogen and oxygen atoms in total. The van der Waals surface area contributed by atoms with Crippen LogP contribution < -0.4 is 5.32 Å². The highest BCUT2D eigenvalue weighted by molar-refractivity contribution is 5.85. The Morgan fingerprint density at radius 3 is 2.26 bits per heavy atom. The van der Waals surface area contributed by atoms with Crippen molar-refractivity contribution >= 4 is 5.91 Å². The van der Waals surface area contributed by atoms with Gasteiger partial charge in [-0.1, -0.05) is 47.5 Å². The summed E-state index contributed by atoms with van der Waals surface area (Å²) in [6.07, 6.45) is 4.56. The molecule has 1 amide bonds. The van der Waals surface area contributed by atoms with Crippen LogP contribution in [0.1, 0.15) is 67.2 Å². The Labute approximate surface area is 119 Å². The van der Waals surface area contributed by atoms with Gasteiger partial charge in [-0.25, -0.2) is 0 Å². The van der Waals surface area contributed by atoms with Gasteiger partial charge in [-0.05, 0) is 31.6 Å². The van der Waals surface area contributed by atoms with Gasteiger partial charge in [0.05, 0.1) is 12.2 Å². The highest BCUT2D eigenvalue weighted by Crippen LogP contribution is 2.26. The Morgan fingerprint density at radius 1 is 1.16 bits per heavy atom. The standard InChI is InChI=1S/C16H32N2O/c1-7-11(4)10-13(6)18-14(9-3)17-15(16(18)19)12(5)8-2/h11-15,17H,7-10H2,1-6H3. The molecule has 0 bridgehead atoms. The van der Waals surface area contributed by atoms with Crippen LogP contribution in [0.25, 0.3) is 0 Å². The van der Waals surface area contributed by atoms with Crippen LogP contribution in [0.3, 0.4) is 0 Å². The van der Waals surface area contributed by atoms with Crippen LogP contribution >= 0.6 is 0 Å². The Kier molecular flexibility index (Phi) is 6.31. The lowest BCUT2D eigenvalue weighted by Crippen LogP contribution is -2.43. The highest BCUT2D eigenvalue weighted by Gasteiger charge is 2.42. The predicted molar refractivity (Wildman–Crippen MR) is 80.8 cm³/mol. The lowest BCUT2D eigenvalue weighted by molar-refractivity contribution is -0.133. The number of amides is 1. The van der Waals surface area contributed by atoms with Crippen LogP contribution in [0.15, 0.2) is 0 Å². The van der Waals surface area contributed by atoms with Gasteiger partial charge in [0, 0.05) is 6.04 Å². The maximum absolute atomic E-state index is 12.6. The first-order chi connectivity index (χ1) is 8.96. The second-order valence-corrected chi connectivity index (χ2v) is 6.30. The molecule has 1 rings (SSSR count). The summed E-state index contributed by atoms with van der Waals surface area (Å²) < 4.78 is 0. The van der Waals surface area contributed by atoms with E-state index >= 15 is 0 Å². The second-order valence-electron chi connectivity index (χ2n) is 6.30. The molecule has 1 saturated heterocycles. The van der Waals surface area contributed by atoms with Crippen molar-refractivity contribution in [3.8, 4) is 0 Å². The quantitative estimate of drug-likeness (QED) is 0.767. The van der Waals surface area contributed by atoms with Crippen molar-refractivity contribution < 1.29 is 4.79 Å². The summed E-state index contributed by atoms with van der Waals surface area (Å²) in [6, 6.07) is 0.364. The Bertz CT molecular complexity index is 292. The minimum absolute atomic E-state index is 0.0225. The fourth-order valence-electron chi connectivity index (χ4n) is 3.02. The summed E-state index contributed by atoms with van der Waals surface area (Å²) in [5.41, 5.74) is 0. The minimum atomic E-state index is 0.0225. The molecule has 5 unspecified atom stereocenters. The number of hydrogen-bond acceptors (Lipinski definition) is 2. The van der Waals surface area contributed by atoms with Gasteiger partial charge >= 0.3 is 0 Å².